The maximum atomic E-state index is 4.16. The summed E-state index contributed by atoms with van der Waals surface area (Å²) in [6.45, 7) is 1.62. The van der Waals surface area contributed by atoms with Crippen LogP contribution >= 0.6 is 0 Å². The van der Waals surface area contributed by atoms with E-state index in [-0.39, 0.29) is 0 Å². The lowest BCUT2D eigenvalue weighted by molar-refractivity contribution is 0.646. The SMILES string of the molecule is c1ccc(Cn2cc(CNC3CC3)nn2)cc1. The maximum absolute atomic E-state index is 4.16. The van der Waals surface area contributed by atoms with Crippen LogP contribution in [0.15, 0.2) is 36.5 Å². The molecule has 1 heterocycles. The summed E-state index contributed by atoms with van der Waals surface area (Å²) < 4.78 is 1.89. The van der Waals surface area contributed by atoms with Crippen LogP contribution in [0.2, 0.25) is 0 Å². The van der Waals surface area contributed by atoms with Crippen LogP contribution in [0.4, 0.5) is 0 Å². The molecule has 1 aliphatic rings. The molecule has 0 amide bonds. The van der Waals surface area contributed by atoms with Gasteiger partial charge in [-0.25, -0.2) is 4.68 Å². The van der Waals surface area contributed by atoms with Gasteiger partial charge in [0.1, 0.15) is 0 Å². The van der Waals surface area contributed by atoms with Crippen LogP contribution in [0.25, 0.3) is 0 Å². The van der Waals surface area contributed by atoms with Gasteiger partial charge in [0.2, 0.25) is 0 Å². The molecular formula is C13H16N4. The predicted molar refractivity (Wildman–Crippen MR) is 65.4 cm³/mol. The third kappa shape index (κ3) is 2.91. The molecule has 0 unspecified atom stereocenters. The maximum Gasteiger partial charge on any atom is 0.0965 e. The van der Waals surface area contributed by atoms with Crippen LogP contribution in [-0.4, -0.2) is 21.0 Å². The molecule has 3 rings (SSSR count). The van der Waals surface area contributed by atoms with Crippen LogP contribution in [0.3, 0.4) is 0 Å². The first-order valence-electron chi connectivity index (χ1n) is 6.06. The zero-order chi connectivity index (χ0) is 11.5. The molecule has 1 fully saturated rings. The third-order valence-electron chi connectivity index (χ3n) is 2.92. The first-order chi connectivity index (χ1) is 8.40. The second-order valence-corrected chi connectivity index (χ2v) is 4.55. The molecule has 17 heavy (non-hydrogen) atoms. The van der Waals surface area contributed by atoms with Gasteiger partial charge in [0.05, 0.1) is 18.4 Å². The van der Waals surface area contributed by atoms with E-state index in [9.17, 15) is 0 Å². The molecule has 1 aromatic carbocycles. The Kier molecular flexibility index (Phi) is 2.88. The van der Waals surface area contributed by atoms with E-state index in [0.717, 1.165) is 18.8 Å². The van der Waals surface area contributed by atoms with Gasteiger partial charge in [-0.1, -0.05) is 35.5 Å². The summed E-state index contributed by atoms with van der Waals surface area (Å²) in [6.07, 6.45) is 4.62. The van der Waals surface area contributed by atoms with Gasteiger partial charge in [0.25, 0.3) is 0 Å². The average Bonchev–Trinajstić information content (AvgIpc) is 3.09. The van der Waals surface area contributed by atoms with E-state index in [1.54, 1.807) is 0 Å². The Labute approximate surface area is 101 Å². The minimum absolute atomic E-state index is 0.717. The van der Waals surface area contributed by atoms with Gasteiger partial charge in [-0.15, -0.1) is 5.10 Å². The lowest BCUT2D eigenvalue weighted by Crippen LogP contribution is -2.15. The van der Waals surface area contributed by atoms with Crippen molar-refractivity contribution in [2.75, 3.05) is 0 Å². The van der Waals surface area contributed by atoms with Gasteiger partial charge >= 0.3 is 0 Å². The highest BCUT2D eigenvalue weighted by Crippen LogP contribution is 2.18. The fourth-order valence-corrected chi connectivity index (χ4v) is 1.80. The van der Waals surface area contributed by atoms with Gasteiger partial charge in [0, 0.05) is 12.6 Å². The first kappa shape index (κ1) is 10.5. The van der Waals surface area contributed by atoms with Gasteiger partial charge < -0.3 is 5.32 Å². The van der Waals surface area contributed by atoms with Crippen molar-refractivity contribution >= 4 is 0 Å². The summed E-state index contributed by atoms with van der Waals surface area (Å²) >= 11 is 0. The number of hydrogen-bond acceptors (Lipinski definition) is 3. The number of nitrogens with zero attached hydrogens (tertiary/aromatic N) is 3. The van der Waals surface area contributed by atoms with Crippen molar-refractivity contribution in [3.8, 4) is 0 Å². The van der Waals surface area contributed by atoms with E-state index in [4.69, 9.17) is 0 Å². The number of benzene rings is 1. The Morgan fingerprint density at radius 3 is 2.82 bits per heavy atom. The number of aromatic nitrogens is 3. The summed E-state index contributed by atoms with van der Waals surface area (Å²) in [5, 5.41) is 11.7. The lowest BCUT2D eigenvalue weighted by atomic mass is 10.2. The van der Waals surface area contributed by atoms with Gasteiger partial charge in [-0.2, -0.15) is 0 Å². The summed E-state index contributed by atoms with van der Waals surface area (Å²) in [7, 11) is 0. The highest BCUT2D eigenvalue weighted by atomic mass is 15.4. The van der Waals surface area contributed by atoms with Crippen molar-refractivity contribution in [1.29, 1.82) is 0 Å². The fourth-order valence-electron chi connectivity index (χ4n) is 1.80. The zero-order valence-electron chi connectivity index (χ0n) is 9.71. The number of rotatable bonds is 5. The molecule has 0 bridgehead atoms. The monoisotopic (exact) mass is 228 g/mol. The van der Waals surface area contributed by atoms with Crippen LogP contribution in [0, 0.1) is 0 Å². The van der Waals surface area contributed by atoms with Crippen LogP contribution in [0.5, 0.6) is 0 Å². The van der Waals surface area contributed by atoms with E-state index in [1.807, 2.05) is 29.1 Å². The van der Waals surface area contributed by atoms with Gasteiger partial charge in [-0.3, -0.25) is 0 Å². The highest BCUT2D eigenvalue weighted by Gasteiger charge is 2.20. The second kappa shape index (κ2) is 4.67. The largest absolute Gasteiger partial charge is 0.308 e. The van der Waals surface area contributed by atoms with Crippen molar-refractivity contribution in [2.45, 2.75) is 32.0 Å². The Bertz CT molecular complexity index is 473. The Morgan fingerprint density at radius 1 is 1.24 bits per heavy atom. The van der Waals surface area contributed by atoms with E-state index in [2.05, 4.69) is 27.8 Å². The van der Waals surface area contributed by atoms with Crippen molar-refractivity contribution in [3.05, 3.63) is 47.8 Å². The molecule has 88 valence electrons. The summed E-state index contributed by atoms with van der Waals surface area (Å²) in [5.41, 5.74) is 2.27. The first-order valence-corrected chi connectivity index (χ1v) is 6.06. The third-order valence-corrected chi connectivity index (χ3v) is 2.92. The Balaban J connectivity index is 1.59. The molecule has 0 saturated heterocycles. The van der Waals surface area contributed by atoms with Crippen molar-refractivity contribution < 1.29 is 0 Å². The Morgan fingerprint density at radius 2 is 2.06 bits per heavy atom. The van der Waals surface area contributed by atoms with E-state index < -0.39 is 0 Å². The quantitative estimate of drug-likeness (QED) is 0.845. The van der Waals surface area contributed by atoms with E-state index in [0.29, 0.717) is 6.04 Å². The normalized spacial score (nSPS) is 15.1. The van der Waals surface area contributed by atoms with Crippen LogP contribution in [0.1, 0.15) is 24.1 Å². The smallest absolute Gasteiger partial charge is 0.0965 e. The van der Waals surface area contributed by atoms with Crippen LogP contribution < -0.4 is 5.32 Å². The molecule has 1 N–H and O–H groups in total. The summed E-state index contributed by atoms with van der Waals surface area (Å²) in [5.74, 6) is 0. The molecule has 1 aliphatic carbocycles. The van der Waals surface area contributed by atoms with Gasteiger partial charge in [0.15, 0.2) is 0 Å². The predicted octanol–water partition coefficient (Wildman–Crippen LogP) is 1.58. The Hall–Kier alpha value is -1.68. The molecule has 4 heteroatoms. The average molecular weight is 228 g/mol. The molecule has 0 aliphatic heterocycles. The summed E-state index contributed by atoms with van der Waals surface area (Å²) in [4.78, 5) is 0. The molecule has 0 spiro atoms. The molecular weight excluding hydrogens is 212 g/mol. The standard InChI is InChI=1S/C13H16N4/c1-2-4-11(5-3-1)9-17-10-13(15-16-17)8-14-12-6-7-12/h1-5,10,12,14H,6-9H2. The number of hydrogen-bond donors (Lipinski definition) is 1. The fraction of sp³-hybridized carbons (Fsp3) is 0.385. The molecule has 2 aromatic rings. The van der Waals surface area contributed by atoms with Crippen LogP contribution in [-0.2, 0) is 13.1 Å². The summed E-state index contributed by atoms with van der Waals surface area (Å²) in [6, 6.07) is 11.0. The molecule has 4 nitrogen and oxygen atoms in total. The molecule has 0 radical (unpaired) electrons. The minimum atomic E-state index is 0.717. The van der Waals surface area contributed by atoms with Crippen molar-refractivity contribution in [1.82, 2.24) is 20.3 Å². The number of nitrogens with one attached hydrogen (secondary N) is 1. The zero-order valence-corrected chi connectivity index (χ0v) is 9.71. The topological polar surface area (TPSA) is 42.7 Å². The molecule has 1 aromatic heterocycles. The van der Waals surface area contributed by atoms with Crippen molar-refractivity contribution in [2.24, 2.45) is 0 Å². The highest BCUT2D eigenvalue weighted by molar-refractivity contribution is 5.14. The molecule has 0 atom stereocenters. The lowest BCUT2D eigenvalue weighted by Gasteiger charge is -1.99. The van der Waals surface area contributed by atoms with E-state index >= 15 is 0 Å². The van der Waals surface area contributed by atoms with Crippen molar-refractivity contribution in [3.63, 3.8) is 0 Å². The molecule has 1 saturated carbocycles. The second-order valence-electron chi connectivity index (χ2n) is 4.55. The van der Waals surface area contributed by atoms with E-state index in [1.165, 1.54) is 18.4 Å². The van der Waals surface area contributed by atoms with Gasteiger partial charge in [-0.05, 0) is 18.4 Å². The minimum Gasteiger partial charge on any atom is -0.308 e.